The number of nitrogens with zero attached hydrogens (tertiary/aromatic N) is 2. The summed E-state index contributed by atoms with van der Waals surface area (Å²) in [6, 6.07) is 0. The molecule has 0 saturated heterocycles. The van der Waals surface area contributed by atoms with Gasteiger partial charge in [0.2, 0.25) is 0 Å². The number of aromatic nitrogens is 2. The predicted octanol–water partition coefficient (Wildman–Crippen LogP) is 2.33. The van der Waals surface area contributed by atoms with Crippen molar-refractivity contribution in [2.24, 2.45) is 0 Å². The Bertz CT molecular complexity index is 359. The summed E-state index contributed by atoms with van der Waals surface area (Å²) in [5.74, 6) is 0.923. The second-order valence-electron chi connectivity index (χ2n) is 4.71. The lowest BCUT2D eigenvalue weighted by atomic mass is 9.97. The second-order valence-corrected chi connectivity index (χ2v) is 7.15. The Morgan fingerprint density at radius 3 is 2.72 bits per heavy atom. The van der Waals surface area contributed by atoms with Crippen LogP contribution in [0.25, 0.3) is 0 Å². The Hall–Kier alpha value is -0.170. The zero-order valence-corrected chi connectivity index (χ0v) is 13.2. The van der Waals surface area contributed by atoms with Crippen LogP contribution in [0, 0.1) is 0 Å². The van der Waals surface area contributed by atoms with Gasteiger partial charge < -0.3 is 10.4 Å². The Labute approximate surface area is 118 Å². The van der Waals surface area contributed by atoms with Gasteiger partial charge in [-0.1, -0.05) is 32.5 Å². The summed E-state index contributed by atoms with van der Waals surface area (Å²) < 4.78 is 5.31. The standard InChI is InChI=1S/C12H23N3OS2/c1-5-10-14-11(18-15-10)17-9(3)7-12(4,8-16)13-6-2/h9,13,16H,5-8H2,1-4H3. The molecule has 0 aliphatic heterocycles. The van der Waals surface area contributed by atoms with Crippen LogP contribution in [0.15, 0.2) is 4.34 Å². The number of aliphatic hydroxyl groups is 1. The van der Waals surface area contributed by atoms with E-state index >= 15 is 0 Å². The number of aryl methyl sites for hydroxylation is 1. The zero-order valence-electron chi connectivity index (χ0n) is 11.6. The molecule has 4 nitrogen and oxygen atoms in total. The third-order valence-corrected chi connectivity index (χ3v) is 4.68. The fraction of sp³-hybridized carbons (Fsp3) is 0.833. The molecule has 0 bridgehead atoms. The maximum Gasteiger partial charge on any atom is 0.170 e. The number of thioether (sulfide) groups is 1. The average molecular weight is 289 g/mol. The summed E-state index contributed by atoms with van der Waals surface area (Å²) in [6.07, 6.45) is 1.79. The van der Waals surface area contributed by atoms with Gasteiger partial charge in [-0.3, -0.25) is 0 Å². The predicted molar refractivity (Wildman–Crippen MR) is 78.4 cm³/mol. The number of hydrogen-bond donors (Lipinski definition) is 2. The van der Waals surface area contributed by atoms with E-state index in [2.05, 4.69) is 42.4 Å². The summed E-state index contributed by atoms with van der Waals surface area (Å²) in [5, 5.41) is 13.2. The minimum absolute atomic E-state index is 0.155. The SMILES string of the molecule is CCNC(C)(CO)CC(C)Sc1nc(CC)ns1. The van der Waals surface area contributed by atoms with Crippen LogP contribution < -0.4 is 5.32 Å². The van der Waals surface area contributed by atoms with Gasteiger partial charge in [0.25, 0.3) is 0 Å². The van der Waals surface area contributed by atoms with Gasteiger partial charge in [-0.15, -0.1) is 0 Å². The molecule has 1 heterocycles. The molecule has 1 aromatic heterocycles. The van der Waals surface area contributed by atoms with Crippen LogP contribution >= 0.6 is 23.3 Å². The van der Waals surface area contributed by atoms with Crippen LogP contribution in [0.3, 0.4) is 0 Å². The first-order chi connectivity index (χ1) is 8.53. The van der Waals surface area contributed by atoms with Gasteiger partial charge in [-0.2, -0.15) is 4.37 Å². The average Bonchev–Trinajstić information content (AvgIpc) is 2.76. The Morgan fingerprint density at radius 2 is 2.22 bits per heavy atom. The van der Waals surface area contributed by atoms with Crippen molar-refractivity contribution in [2.45, 2.75) is 55.7 Å². The summed E-state index contributed by atoms with van der Waals surface area (Å²) in [7, 11) is 0. The third-order valence-electron chi connectivity index (χ3n) is 2.76. The number of rotatable bonds is 8. The maximum absolute atomic E-state index is 9.48. The lowest BCUT2D eigenvalue weighted by molar-refractivity contribution is 0.168. The highest BCUT2D eigenvalue weighted by Crippen LogP contribution is 2.29. The molecule has 104 valence electrons. The lowest BCUT2D eigenvalue weighted by Gasteiger charge is -2.30. The molecule has 0 radical (unpaired) electrons. The summed E-state index contributed by atoms with van der Waals surface area (Å²) in [5.41, 5.74) is -0.209. The molecule has 0 saturated carbocycles. The van der Waals surface area contributed by atoms with Crippen molar-refractivity contribution >= 4 is 23.3 Å². The van der Waals surface area contributed by atoms with E-state index in [1.807, 2.05) is 0 Å². The molecule has 0 amide bonds. The highest BCUT2D eigenvalue weighted by molar-refractivity contribution is 8.01. The Morgan fingerprint density at radius 1 is 1.50 bits per heavy atom. The van der Waals surface area contributed by atoms with Crippen LogP contribution in [-0.4, -0.2) is 38.4 Å². The van der Waals surface area contributed by atoms with Crippen LogP contribution in [0.5, 0.6) is 0 Å². The van der Waals surface area contributed by atoms with E-state index in [-0.39, 0.29) is 12.1 Å². The molecular weight excluding hydrogens is 266 g/mol. The molecule has 1 rings (SSSR count). The molecule has 0 fully saturated rings. The third kappa shape index (κ3) is 4.84. The smallest absolute Gasteiger partial charge is 0.170 e. The summed E-state index contributed by atoms with van der Waals surface area (Å²) >= 11 is 3.21. The molecule has 0 spiro atoms. The van der Waals surface area contributed by atoms with Crippen molar-refractivity contribution in [3.05, 3.63) is 5.82 Å². The molecule has 6 heteroatoms. The van der Waals surface area contributed by atoms with E-state index in [1.54, 1.807) is 11.8 Å². The first-order valence-corrected chi connectivity index (χ1v) is 8.03. The van der Waals surface area contributed by atoms with Crippen molar-refractivity contribution in [3.63, 3.8) is 0 Å². The van der Waals surface area contributed by atoms with Crippen molar-refractivity contribution in [3.8, 4) is 0 Å². The van der Waals surface area contributed by atoms with E-state index in [1.165, 1.54) is 11.5 Å². The summed E-state index contributed by atoms with van der Waals surface area (Å²) in [4.78, 5) is 4.46. The normalized spacial score (nSPS) is 16.5. The van der Waals surface area contributed by atoms with Gasteiger partial charge >= 0.3 is 0 Å². The van der Waals surface area contributed by atoms with E-state index in [0.29, 0.717) is 5.25 Å². The van der Waals surface area contributed by atoms with Crippen LogP contribution in [-0.2, 0) is 6.42 Å². The first kappa shape index (κ1) is 15.9. The zero-order chi connectivity index (χ0) is 13.6. The fourth-order valence-corrected chi connectivity index (χ4v) is 4.13. The van der Waals surface area contributed by atoms with Gasteiger partial charge in [0.05, 0.1) is 6.61 Å². The number of hydrogen-bond acceptors (Lipinski definition) is 6. The van der Waals surface area contributed by atoms with Crippen molar-refractivity contribution in [1.82, 2.24) is 14.7 Å². The van der Waals surface area contributed by atoms with Gasteiger partial charge in [-0.05, 0) is 31.4 Å². The van der Waals surface area contributed by atoms with Crippen molar-refractivity contribution in [2.75, 3.05) is 13.2 Å². The first-order valence-electron chi connectivity index (χ1n) is 6.38. The highest BCUT2D eigenvalue weighted by atomic mass is 32.2. The molecule has 1 aromatic rings. The van der Waals surface area contributed by atoms with Crippen LogP contribution in [0.4, 0.5) is 0 Å². The molecule has 0 aromatic carbocycles. The van der Waals surface area contributed by atoms with Crippen molar-refractivity contribution in [1.29, 1.82) is 0 Å². The number of nitrogens with one attached hydrogen (secondary N) is 1. The molecule has 2 atom stereocenters. The second kappa shape index (κ2) is 7.43. The van der Waals surface area contributed by atoms with E-state index < -0.39 is 0 Å². The monoisotopic (exact) mass is 289 g/mol. The van der Waals surface area contributed by atoms with Gasteiger partial charge in [-0.25, -0.2) is 4.98 Å². The summed E-state index contributed by atoms with van der Waals surface area (Å²) in [6.45, 7) is 9.38. The van der Waals surface area contributed by atoms with Crippen molar-refractivity contribution < 1.29 is 5.11 Å². The van der Waals surface area contributed by atoms with E-state index in [0.717, 1.165) is 29.6 Å². The van der Waals surface area contributed by atoms with Gasteiger partial charge in [0, 0.05) is 17.2 Å². The van der Waals surface area contributed by atoms with Crippen LogP contribution in [0.1, 0.15) is 39.9 Å². The largest absolute Gasteiger partial charge is 0.394 e. The minimum Gasteiger partial charge on any atom is -0.394 e. The minimum atomic E-state index is -0.209. The highest BCUT2D eigenvalue weighted by Gasteiger charge is 2.25. The topological polar surface area (TPSA) is 58.0 Å². The van der Waals surface area contributed by atoms with Gasteiger partial charge in [0.15, 0.2) is 4.34 Å². The Kier molecular flexibility index (Phi) is 6.55. The molecule has 0 aliphatic carbocycles. The molecule has 0 aliphatic rings. The number of likely N-dealkylation sites (N-methyl/N-ethyl adjacent to an activating group) is 1. The van der Waals surface area contributed by atoms with E-state index in [4.69, 9.17) is 0 Å². The molecular formula is C12H23N3OS2. The number of aliphatic hydroxyl groups excluding tert-OH is 1. The Balaban J connectivity index is 2.51. The maximum atomic E-state index is 9.48. The molecule has 2 N–H and O–H groups in total. The van der Waals surface area contributed by atoms with E-state index in [9.17, 15) is 5.11 Å². The van der Waals surface area contributed by atoms with Crippen LogP contribution in [0.2, 0.25) is 0 Å². The fourth-order valence-electron chi connectivity index (χ4n) is 1.90. The molecule has 18 heavy (non-hydrogen) atoms. The quantitative estimate of drug-likeness (QED) is 0.719. The molecule has 2 unspecified atom stereocenters. The van der Waals surface area contributed by atoms with Gasteiger partial charge in [0.1, 0.15) is 5.82 Å². The lowest BCUT2D eigenvalue weighted by Crippen LogP contribution is -2.47.